The van der Waals surface area contributed by atoms with E-state index in [1.807, 2.05) is 13.8 Å². The first-order valence-corrected chi connectivity index (χ1v) is 10.3. The van der Waals surface area contributed by atoms with Crippen molar-refractivity contribution >= 4 is 15.9 Å². The quantitative estimate of drug-likeness (QED) is 0.718. The van der Waals surface area contributed by atoms with E-state index in [1.54, 1.807) is 11.0 Å². The van der Waals surface area contributed by atoms with Gasteiger partial charge in [-0.15, -0.1) is 0 Å². The minimum Gasteiger partial charge on any atom is -0.493 e. The average molecular weight is 384 g/mol. The molecule has 1 saturated heterocycles. The Morgan fingerprint density at radius 1 is 1.19 bits per heavy atom. The summed E-state index contributed by atoms with van der Waals surface area (Å²) in [5.41, 5.74) is 0. The SMILES string of the molecule is CCN(CC)C(=O)C1CCCN(S(=O)(=O)c2ccc(OC)c(OC)c2)C1. The fourth-order valence-corrected chi connectivity index (χ4v) is 4.82. The van der Waals surface area contributed by atoms with Gasteiger partial charge in [0.25, 0.3) is 0 Å². The monoisotopic (exact) mass is 384 g/mol. The topological polar surface area (TPSA) is 76.2 Å². The largest absolute Gasteiger partial charge is 0.493 e. The van der Waals surface area contributed by atoms with Gasteiger partial charge in [0, 0.05) is 32.2 Å². The Bertz CT molecular complexity index is 731. The molecule has 0 N–H and O–H groups in total. The Morgan fingerprint density at radius 3 is 2.42 bits per heavy atom. The molecule has 0 aromatic heterocycles. The van der Waals surface area contributed by atoms with E-state index < -0.39 is 10.0 Å². The molecule has 146 valence electrons. The lowest BCUT2D eigenvalue weighted by molar-refractivity contribution is -0.136. The zero-order valence-corrected chi connectivity index (χ0v) is 16.7. The molecule has 0 bridgehead atoms. The molecule has 1 heterocycles. The highest BCUT2D eigenvalue weighted by atomic mass is 32.2. The van der Waals surface area contributed by atoms with Gasteiger partial charge in [0.2, 0.25) is 15.9 Å². The van der Waals surface area contributed by atoms with Crippen molar-refractivity contribution in [2.24, 2.45) is 5.92 Å². The van der Waals surface area contributed by atoms with Crippen LogP contribution in [0, 0.1) is 5.92 Å². The molecule has 1 atom stereocenters. The molecule has 8 heteroatoms. The van der Waals surface area contributed by atoms with Crippen LogP contribution in [-0.2, 0) is 14.8 Å². The Morgan fingerprint density at radius 2 is 1.85 bits per heavy atom. The highest BCUT2D eigenvalue weighted by molar-refractivity contribution is 7.89. The molecule has 1 aliphatic heterocycles. The molecule has 2 rings (SSSR count). The highest BCUT2D eigenvalue weighted by Crippen LogP contribution is 2.32. The minimum atomic E-state index is -3.70. The van der Waals surface area contributed by atoms with E-state index in [4.69, 9.17) is 9.47 Å². The summed E-state index contributed by atoms with van der Waals surface area (Å²) in [7, 11) is -0.732. The van der Waals surface area contributed by atoms with Crippen molar-refractivity contribution in [2.75, 3.05) is 40.4 Å². The highest BCUT2D eigenvalue weighted by Gasteiger charge is 2.34. The van der Waals surface area contributed by atoms with Crippen molar-refractivity contribution in [2.45, 2.75) is 31.6 Å². The summed E-state index contributed by atoms with van der Waals surface area (Å²) in [4.78, 5) is 14.5. The van der Waals surface area contributed by atoms with E-state index in [0.717, 1.165) is 0 Å². The molecule has 0 spiro atoms. The van der Waals surface area contributed by atoms with Crippen molar-refractivity contribution < 1.29 is 22.7 Å². The van der Waals surface area contributed by atoms with Gasteiger partial charge in [0.1, 0.15) is 0 Å². The number of benzene rings is 1. The first-order valence-electron chi connectivity index (χ1n) is 8.89. The Labute approximate surface area is 155 Å². The van der Waals surface area contributed by atoms with Gasteiger partial charge in [-0.2, -0.15) is 4.31 Å². The van der Waals surface area contributed by atoms with Crippen molar-refractivity contribution in [3.05, 3.63) is 18.2 Å². The van der Waals surface area contributed by atoms with E-state index in [9.17, 15) is 13.2 Å². The van der Waals surface area contributed by atoms with Crippen molar-refractivity contribution in [1.29, 1.82) is 0 Å². The van der Waals surface area contributed by atoms with Crippen LogP contribution in [0.15, 0.2) is 23.1 Å². The van der Waals surface area contributed by atoms with Gasteiger partial charge in [-0.1, -0.05) is 0 Å². The average Bonchev–Trinajstić information content (AvgIpc) is 2.68. The lowest BCUT2D eigenvalue weighted by Gasteiger charge is -2.33. The fourth-order valence-electron chi connectivity index (χ4n) is 3.28. The number of methoxy groups -OCH3 is 2. The summed E-state index contributed by atoms with van der Waals surface area (Å²) < 4.78 is 37.9. The van der Waals surface area contributed by atoms with E-state index in [1.165, 1.54) is 30.7 Å². The number of carbonyl (C=O) groups is 1. The van der Waals surface area contributed by atoms with Crippen LogP contribution >= 0.6 is 0 Å². The third-order valence-electron chi connectivity index (χ3n) is 4.80. The summed E-state index contributed by atoms with van der Waals surface area (Å²) in [5, 5.41) is 0. The third kappa shape index (κ3) is 4.12. The first kappa shape index (κ1) is 20.5. The predicted octanol–water partition coefficient (Wildman–Crippen LogP) is 1.97. The molecule has 1 unspecified atom stereocenters. The summed E-state index contributed by atoms with van der Waals surface area (Å²) >= 11 is 0. The van der Waals surface area contributed by atoms with Gasteiger partial charge in [-0.05, 0) is 38.8 Å². The molecule has 0 saturated carbocycles. The number of ether oxygens (including phenoxy) is 2. The summed E-state index contributed by atoms with van der Waals surface area (Å²) in [6.07, 6.45) is 1.39. The second-order valence-electron chi connectivity index (χ2n) is 6.23. The smallest absolute Gasteiger partial charge is 0.243 e. The van der Waals surface area contributed by atoms with Gasteiger partial charge < -0.3 is 14.4 Å². The van der Waals surface area contributed by atoms with Gasteiger partial charge in [0.15, 0.2) is 11.5 Å². The molecule has 1 amide bonds. The number of hydrogen-bond donors (Lipinski definition) is 0. The zero-order valence-electron chi connectivity index (χ0n) is 15.9. The zero-order chi connectivity index (χ0) is 19.3. The van der Waals surface area contributed by atoms with Crippen LogP contribution in [-0.4, -0.2) is 63.9 Å². The van der Waals surface area contributed by atoms with Crippen molar-refractivity contribution in [1.82, 2.24) is 9.21 Å². The molecule has 7 nitrogen and oxygen atoms in total. The van der Waals surface area contributed by atoms with Crippen LogP contribution in [0.2, 0.25) is 0 Å². The number of piperidine rings is 1. The minimum absolute atomic E-state index is 0.0298. The molecular formula is C18H28N2O5S. The number of carbonyl (C=O) groups excluding carboxylic acids is 1. The van der Waals surface area contributed by atoms with Crippen LogP contribution in [0.1, 0.15) is 26.7 Å². The van der Waals surface area contributed by atoms with Gasteiger partial charge in [0.05, 0.1) is 25.0 Å². The van der Waals surface area contributed by atoms with Crippen LogP contribution < -0.4 is 9.47 Å². The maximum atomic E-state index is 13.0. The van der Waals surface area contributed by atoms with Crippen molar-refractivity contribution in [3.63, 3.8) is 0 Å². The second kappa shape index (κ2) is 8.73. The van der Waals surface area contributed by atoms with Gasteiger partial charge >= 0.3 is 0 Å². The van der Waals surface area contributed by atoms with E-state index in [-0.39, 0.29) is 23.3 Å². The number of rotatable bonds is 7. The van der Waals surface area contributed by atoms with Gasteiger partial charge in [-0.3, -0.25) is 4.79 Å². The predicted molar refractivity (Wildman–Crippen MR) is 99.0 cm³/mol. The normalized spacial score (nSPS) is 18.4. The molecular weight excluding hydrogens is 356 g/mol. The van der Waals surface area contributed by atoms with Gasteiger partial charge in [-0.25, -0.2) is 8.42 Å². The Kier molecular flexibility index (Phi) is 6.88. The molecule has 26 heavy (non-hydrogen) atoms. The van der Waals surface area contributed by atoms with Crippen LogP contribution in [0.3, 0.4) is 0 Å². The summed E-state index contributed by atoms with van der Waals surface area (Å²) in [5.74, 6) is 0.571. The maximum absolute atomic E-state index is 13.0. The molecule has 1 aromatic carbocycles. The third-order valence-corrected chi connectivity index (χ3v) is 6.66. The van der Waals surface area contributed by atoms with Crippen LogP contribution in [0.4, 0.5) is 0 Å². The number of hydrogen-bond acceptors (Lipinski definition) is 5. The molecule has 0 radical (unpaired) electrons. The van der Waals surface area contributed by atoms with E-state index in [0.29, 0.717) is 44.0 Å². The second-order valence-corrected chi connectivity index (χ2v) is 8.17. The number of sulfonamides is 1. The first-order chi connectivity index (χ1) is 12.4. The Balaban J connectivity index is 2.24. The van der Waals surface area contributed by atoms with E-state index >= 15 is 0 Å². The number of nitrogens with zero attached hydrogens (tertiary/aromatic N) is 2. The summed E-state index contributed by atoms with van der Waals surface area (Å²) in [6, 6.07) is 4.55. The maximum Gasteiger partial charge on any atom is 0.243 e. The molecule has 1 fully saturated rings. The fraction of sp³-hybridized carbons (Fsp3) is 0.611. The lowest BCUT2D eigenvalue weighted by atomic mass is 9.98. The molecule has 1 aliphatic rings. The lowest BCUT2D eigenvalue weighted by Crippen LogP contribution is -2.46. The molecule has 0 aliphatic carbocycles. The van der Waals surface area contributed by atoms with E-state index in [2.05, 4.69) is 0 Å². The van der Waals surface area contributed by atoms with Crippen LogP contribution in [0.25, 0.3) is 0 Å². The molecule has 1 aromatic rings. The van der Waals surface area contributed by atoms with Crippen molar-refractivity contribution in [3.8, 4) is 11.5 Å². The standard InChI is InChI=1S/C18H28N2O5S/c1-5-19(6-2)18(21)14-8-7-11-20(13-14)26(22,23)15-9-10-16(24-3)17(12-15)25-4/h9-10,12,14H,5-8,11,13H2,1-4H3. The summed E-state index contributed by atoms with van der Waals surface area (Å²) in [6.45, 7) is 5.76. The number of amides is 1. The van der Waals surface area contributed by atoms with Crippen LogP contribution in [0.5, 0.6) is 11.5 Å². The Hall–Kier alpha value is -1.80.